The van der Waals surface area contributed by atoms with Gasteiger partial charge in [0.05, 0.1) is 36.0 Å². The molecule has 5 aliphatic rings. The molecule has 0 radical (unpaired) electrons. The molecule has 4 aromatic rings. The van der Waals surface area contributed by atoms with Crippen molar-refractivity contribution in [3.8, 4) is 0 Å². The van der Waals surface area contributed by atoms with Crippen molar-refractivity contribution in [3.05, 3.63) is 128 Å². The number of rotatable bonds is 15. The molecule has 3 aliphatic heterocycles. The topological polar surface area (TPSA) is 156 Å². The van der Waals surface area contributed by atoms with Gasteiger partial charge >= 0.3 is 0 Å². The Morgan fingerprint density at radius 3 is 1.62 bits per heavy atom. The summed E-state index contributed by atoms with van der Waals surface area (Å²) in [7, 11) is -6.43. The molecule has 2 aromatic carbocycles. The average molecular weight is 1070 g/mol. The molecule has 1 N–H and O–H groups in total. The van der Waals surface area contributed by atoms with Gasteiger partial charge in [-0.15, -0.1) is 11.6 Å². The van der Waals surface area contributed by atoms with Gasteiger partial charge in [-0.1, -0.05) is 59.6 Å². The van der Waals surface area contributed by atoms with Gasteiger partial charge in [0.1, 0.15) is 0 Å². The Balaban J connectivity index is 0.000000190. The number of pyridine rings is 2. The molecule has 380 valence electrons. The molecule has 2 aromatic heterocycles. The van der Waals surface area contributed by atoms with Crippen LogP contribution in [-0.2, 0) is 29.6 Å². The zero-order valence-corrected chi connectivity index (χ0v) is 44.3. The van der Waals surface area contributed by atoms with Crippen LogP contribution in [0.25, 0.3) is 23.3 Å². The zero-order chi connectivity index (χ0) is 50.3. The minimum absolute atomic E-state index is 0.0259. The number of allylic oxidation sites excluding steroid dienone is 2. The Morgan fingerprint density at radius 2 is 1.17 bits per heavy atom. The van der Waals surface area contributed by atoms with Crippen molar-refractivity contribution in [1.82, 2.24) is 38.6 Å². The molecule has 3 fully saturated rings. The van der Waals surface area contributed by atoms with Gasteiger partial charge in [0.15, 0.2) is 0 Å². The molecule has 2 atom stereocenters. The number of sulfonamides is 2. The maximum absolute atomic E-state index is 12.1. The van der Waals surface area contributed by atoms with E-state index in [4.69, 9.17) is 44.8 Å². The third-order valence-electron chi connectivity index (χ3n) is 14.0. The zero-order valence-electron chi connectivity index (χ0n) is 40.4. The number of carbonyl (C=O) groups is 2. The second-order valence-electron chi connectivity index (χ2n) is 18.8. The first kappa shape index (κ1) is 53.1. The van der Waals surface area contributed by atoms with Gasteiger partial charge in [-0.25, -0.2) is 16.8 Å². The van der Waals surface area contributed by atoms with Gasteiger partial charge in [0, 0.05) is 124 Å². The molecule has 0 spiro atoms. The van der Waals surface area contributed by atoms with Crippen LogP contribution in [0, 0.1) is 0 Å². The van der Waals surface area contributed by atoms with Crippen LogP contribution in [0.4, 0.5) is 0 Å². The molecular weight excluding hydrogens is 1000 g/mol. The summed E-state index contributed by atoms with van der Waals surface area (Å²) in [5.41, 5.74) is 10.8. The molecule has 71 heavy (non-hydrogen) atoms. The molecular formula is C52H63Cl3N8O6S2. The summed E-state index contributed by atoms with van der Waals surface area (Å²) in [5, 5.41) is 4.32. The van der Waals surface area contributed by atoms with Crippen molar-refractivity contribution in [1.29, 1.82) is 0 Å². The summed E-state index contributed by atoms with van der Waals surface area (Å²) in [6.45, 7) is 6.52. The Hall–Kier alpha value is -4.23. The number of hydrogen-bond donors (Lipinski definition) is 1. The van der Waals surface area contributed by atoms with Gasteiger partial charge in [0.2, 0.25) is 31.9 Å². The Labute approximate surface area is 434 Å². The molecule has 2 amide bonds. The van der Waals surface area contributed by atoms with Crippen molar-refractivity contribution >= 4 is 90.0 Å². The normalized spacial score (nSPS) is 20.0. The molecule has 3 saturated heterocycles. The van der Waals surface area contributed by atoms with E-state index >= 15 is 0 Å². The Morgan fingerprint density at radius 1 is 0.676 bits per heavy atom. The fraction of sp³-hybridized carbons (Fsp3) is 0.462. The fourth-order valence-corrected chi connectivity index (χ4v) is 12.6. The monoisotopic (exact) mass is 1060 g/mol. The minimum atomic E-state index is -3.22. The van der Waals surface area contributed by atoms with E-state index in [0.29, 0.717) is 94.1 Å². The van der Waals surface area contributed by atoms with Crippen LogP contribution in [-0.4, -0.2) is 152 Å². The lowest BCUT2D eigenvalue weighted by atomic mass is 9.95. The number of carbonyl (C=O) groups excluding carboxylic acids is 2. The SMILES string of the molecule is CS(=O)(=O)N1CCN(C2c3ccc(Cl)cc3C=C(CCCN3CCCC3=O)c3cccnc32)CC1.CS(=O)(=O)N1CCN(C2c3ccc(Cl)cc3C=C(CCCNC(=O)CCCCl)c3cccnc32)CC1. The first-order valence-corrected chi connectivity index (χ1v) is 29.5. The van der Waals surface area contributed by atoms with E-state index in [-0.39, 0.29) is 23.9 Å². The number of hydrogen-bond acceptors (Lipinski definition) is 10. The number of benzene rings is 2. The number of aromatic nitrogens is 2. The first-order valence-electron chi connectivity index (χ1n) is 24.5. The lowest BCUT2D eigenvalue weighted by molar-refractivity contribution is -0.127. The van der Waals surface area contributed by atoms with E-state index in [1.807, 2.05) is 53.7 Å². The van der Waals surface area contributed by atoms with E-state index < -0.39 is 20.0 Å². The number of piperazine rings is 2. The highest BCUT2D eigenvalue weighted by Gasteiger charge is 2.36. The van der Waals surface area contributed by atoms with Crippen molar-refractivity contribution in [3.63, 3.8) is 0 Å². The molecule has 9 rings (SSSR count). The van der Waals surface area contributed by atoms with Gasteiger partial charge in [-0.05, 0) is 108 Å². The quantitative estimate of drug-likeness (QED) is 0.0920. The standard InChI is InChI=1S/C26H32Cl2N4O3S.C26H31ClN4O3S/c1-36(34,35)32-15-13-31(14-16-32)26-23-9-8-21(28)18-20(23)17-19(22-6-4-12-30-25(22)26)5-3-11-29-24(33)7-2-10-27;1-35(33,34)31-15-13-30(14-16-31)26-23-9-8-21(27)18-20(23)17-19(22-6-2-10-28-25(22)26)5-3-11-29-12-4-7-24(29)32/h4,6,8-9,12,17-18,26H,2-3,5,7,10-11,13-16H2,1H3,(H,29,33);2,6,8-10,17-18,26H,3-5,7,11-16H2,1H3. The molecule has 5 heterocycles. The highest BCUT2D eigenvalue weighted by Crippen LogP contribution is 2.43. The minimum Gasteiger partial charge on any atom is -0.356 e. The summed E-state index contributed by atoms with van der Waals surface area (Å²) in [5.74, 6) is 0.765. The third kappa shape index (κ3) is 13.1. The summed E-state index contributed by atoms with van der Waals surface area (Å²) < 4.78 is 51.3. The number of nitrogens with zero attached hydrogens (tertiary/aromatic N) is 7. The smallest absolute Gasteiger partial charge is 0.222 e. The molecule has 2 unspecified atom stereocenters. The molecule has 0 saturated carbocycles. The number of likely N-dealkylation sites (tertiary alicyclic amines) is 1. The first-order chi connectivity index (χ1) is 34.1. The maximum atomic E-state index is 12.1. The Kier molecular flexibility index (Phi) is 17.8. The van der Waals surface area contributed by atoms with Crippen LogP contribution < -0.4 is 5.32 Å². The summed E-state index contributed by atoms with van der Waals surface area (Å²) in [6, 6.07) is 19.9. The van der Waals surface area contributed by atoms with Crippen LogP contribution in [0.2, 0.25) is 10.0 Å². The maximum Gasteiger partial charge on any atom is 0.222 e. The Bertz CT molecular complexity index is 2870. The number of halogens is 3. The predicted octanol–water partition coefficient (Wildman–Crippen LogP) is 7.83. The van der Waals surface area contributed by atoms with Gasteiger partial charge in [-0.2, -0.15) is 8.61 Å². The number of nitrogens with one attached hydrogen (secondary N) is 1. The van der Waals surface area contributed by atoms with Crippen LogP contribution in [0.5, 0.6) is 0 Å². The molecule has 14 nitrogen and oxygen atoms in total. The third-order valence-corrected chi connectivity index (χ3v) is 17.3. The summed E-state index contributed by atoms with van der Waals surface area (Å²) >= 11 is 18.5. The lowest BCUT2D eigenvalue weighted by Gasteiger charge is -2.39. The van der Waals surface area contributed by atoms with E-state index in [1.54, 1.807) is 4.31 Å². The average Bonchev–Trinajstić information content (AvgIpc) is 3.64. The van der Waals surface area contributed by atoms with Crippen molar-refractivity contribution in [2.24, 2.45) is 0 Å². The second-order valence-corrected chi connectivity index (χ2v) is 24.0. The highest BCUT2D eigenvalue weighted by molar-refractivity contribution is 7.88. The van der Waals surface area contributed by atoms with Gasteiger partial charge < -0.3 is 10.2 Å². The summed E-state index contributed by atoms with van der Waals surface area (Å²) in [6.07, 6.45) is 16.6. The van der Waals surface area contributed by atoms with Gasteiger partial charge in [-0.3, -0.25) is 29.4 Å². The number of fused-ring (bicyclic) bond motifs is 4. The van der Waals surface area contributed by atoms with Crippen molar-refractivity contribution in [2.75, 3.05) is 90.4 Å². The van der Waals surface area contributed by atoms with E-state index in [1.165, 1.54) is 22.4 Å². The lowest BCUT2D eigenvalue weighted by Crippen LogP contribution is -2.49. The van der Waals surface area contributed by atoms with Gasteiger partial charge in [0.25, 0.3) is 0 Å². The predicted molar refractivity (Wildman–Crippen MR) is 284 cm³/mol. The largest absolute Gasteiger partial charge is 0.356 e. The fourth-order valence-electron chi connectivity index (χ4n) is 10.4. The second kappa shape index (κ2) is 23.8. The number of alkyl halides is 1. The van der Waals surface area contributed by atoms with Crippen LogP contribution in [0.15, 0.2) is 73.1 Å². The van der Waals surface area contributed by atoms with Crippen molar-refractivity contribution < 1.29 is 26.4 Å². The molecule has 2 aliphatic carbocycles. The van der Waals surface area contributed by atoms with Crippen LogP contribution in [0.3, 0.4) is 0 Å². The van der Waals surface area contributed by atoms with E-state index in [9.17, 15) is 26.4 Å². The number of amides is 2. The van der Waals surface area contributed by atoms with E-state index in [0.717, 1.165) is 95.5 Å². The molecule has 19 heteroatoms. The van der Waals surface area contributed by atoms with Crippen molar-refractivity contribution in [2.45, 2.75) is 63.5 Å². The van der Waals surface area contributed by atoms with E-state index in [2.05, 4.69) is 51.5 Å². The highest BCUT2D eigenvalue weighted by atomic mass is 35.5. The summed E-state index contributed by atoms with van der Waals surface area (Å²) in [4.78, 5) is 40.3. The molecule has 0 bridgehead atoms. The van der Waals surface area contributed by atoms with Crippen LogP contribution in [0.1, 0.15) is 108 Å². The van der Waals surface area contributed by atoms with Crippen LogP contribution >= 0.6 is 34.8 Å².